The Morgan fingerprint density at radius 1 is 1.12 bits per heavy atom. The molecule has 0 unspecified atom stereocenters. The van der Waals surface area contributed by atoms with Crippen LogP contribution in [0.3, 0.4) is 0 Å². The van der Waals surface area contributed by atoms with E-state index in [2.05, 4.69) is 17.4 Å². The maximum atomic E-state index is 6.18. The van der Waals surface area contributed by atoms with E-state index in [4.69, 9.17) is 16.3 Å². The second-order valence-corrected chi connectivity index (χ2v) is 5.20. The Balaban J connectivity index is 1.54. The van der Waals surface area contributed by atoms with Gasteiger partial charge in [-0.3, -0.25) is 0 Å². The molecule has 2 nitrogen and oxygen atoms in total. The SMILES string of the molecule is Clc1ccccc1C1CC(NC2COC2)C1. The highest BCUT2D eigenvalue weighted by molar-refractivity contribution is 6.31. The lowest BCUT2D eigenvalue weighted by Gasteiger charge is -2.41. The highest BCUT2D eigenvalue weighted by atomic mass is 35.5. The fourth-order valence-corrected chi connectivity index (χ4v) is 2.77. The van der Waals surface area contributed by atoms with Crippen molar-refractivity contribution in [3.05, 3.63) is 34.9 Å². The molecule has 1 aliphatic carbocycles. The van der Waals surface area contributed by atoms with E-state index in [1.54, 1.807) is 0 Å². The summed E-state index contributed by atoms with van der Waals surface area (Å²) in [6, 6.07) is 9.45. The molecule has 1 saturated carbocycles. The maximum absolute atomic E-state index is 6.18. The summed E-state index contributed by atoms with van der Waals surface area (Å²) in [5.41, 5.74) is 1.31. The van der Waals surface area contributed by atoms with Gasteiger partial charge in [0.2, 0.25) is 0 Å². The largest absolute Gasteiger partial charge is 0.378 e. The molecule has 0 aromatic heterocycles. The molecular weight excluding hydrogens is 222 g/mol. The van der Waals surface area contributed by atoms with Gasteiger partial charge in [0, 0.05) is 11.1 Å². The molecule has 0 spiro atoms. The van der Waals surface area contributed by atoms with Crippen LogP contribution in [0.5, 0.6) is 0 Å². The van der Waals surface area contributed by atoms with E-state index in [1.807, 2.05) is 12.1 Å². The van der Waals surface area contributed by atoms with Crippen molar-refractivity contribution in [3.63, 3.8) is 0 Å². The maximum Gasteiger partial charge on any atom is 0.0643 e. The van der Waals surface area contributed by atoms with Crippen LogP contribution in [-0.4, -0.2) is 25.3 Å². The molecule has 1 saturated heterocycles. The van der Waals surface area contributed by atoms with Crippen LogP contribution in [-0.2, 0) is 4.74 Å². The van der Waals surface area contributed by atoms with Crippen molar-refractivity contribution in [2.24, 2.45) is 0 Å². The van der Waals surface area contributed by atoms with Crippen LogP contribution in [0.4, 0.5) is 0 Å². The van der Waals surface area contributed by atoms with Crippen molar-refractivity contribution >= 4 is 11.6 Å². The molecule has 0 amide bonds. The Bertz CT molecular complexity index is 372. The number of hydrogen-bond donors (Lipinski definition) is 1. The highest BCUT2D eigenvalue weighted by Gasteiger charge is 2.33. The molecule has 86 valence electrons. The first-order chi connectivity index (χ1) is 7.83. The summed E-state index contributed by atoms with van der Waals surface area (Å²) in [6.07, 6.45) is 2.42. The molecule has 1 N–H and O–H groups in total. The zero-order valence-corrected chi connectivity index (χ0v) is 9.91. The minimum Gasteiger partial charge on any atom is -0.378 e. The Kier molecular flexibility index (Phi) is 2.88. The predicted molar refractivity (Wildman–Crippen MR) is 65.0 cm³/mol. The van der Waals surface area contributed by atoms with Gasteiger partial charge >= 0.3 is 0 Å². The van der Waals surface area contributed by atoms with Crippen LogP contribution >= 0.6 is 11.6 Å². The number of nitrogens with one attached hydrogen (secondary N) is 1. The van der Waals surface area contributed by atoms with Gasteiger partial charge < -0.3 is 10.1 Å². The molecule has 3 rings (SSSR count). The van der Waals surface area contributed by atoms with Crippen LogP contribution < -0.4 is 5.32 Å². The molecule has 2 aliphatic rings. The number of halogens is 1. The quantitative estimate of drug-likeness (QED) is 0.873. The topological polar surface area (TPSA) is 21.3 Å². The Labute approximate surface area is 101 Å². The van der Waals surface area contributed by atoms with Crippen molar-refractivity contribution in [2.75, 3.05) is 13.2 Å². The third-order valence-electron chi connectivity index (χ3n) is 3.59. The van der Waals surface area contributed by atoms with Crippen LogP contribution in [0.2, 0.25) is 5.02 Å². The summed E-state index contributed by atoms with van der Waals surface area (Å²) in [5, 5.41) is 4.52. The Morgan fingerprint density at radius 2 is 1.88 bits per heavy atom. The van der Waals surface area contributed by atoms with Crippen molar-refractivity contribution < 1.29 is 4.74 Å². The third kappa shape index (κ3) is 1.97. The first-order valence-corrected chi connectivity index (χ1v) is 6.29. The second kappa shape index (κ2) is 4.36. The van der Waals surface area contributed by atoms with E-state index >= 15 is 0 Å². The van der Waals surface area contributed by atoms with E-state index in [1.165, 1.54) is 18.4 Å². The number of hydrogen-bond acceptors (Lipinski definition) is 2. The minimum absolute atomic E-state index is 0.595. The van der Waals surface area contributed by atoms with Gasteiger partial charge in [0.15, 0.2) is 0 Å². The molecule has 3 heteroatoms. The van der Waals surface area contributed by atoms with Gasteiger partial charge in [-0.15, -0.1) is 0 Å². The van der Waals surface area contributed by atoms with E-state index in [-0.39, 0.29) is 0 Å². The van der Waals surface area contributed by atoms with Crippen molar-refractivity contribution in [1.29, 1.82) is 0 Å². The number of benzene rings is 1. The van der Waals surface area contributed by atoms with Gasteiger partial charge in [-0.05, 0) is 30.4 Å². The zero-order chi connectivity index (χ0) is 11.0. The van der Waals surface area contributed by atoms with Gasteiger partial charge in [0.05, 0.1) is 19.3 Å². The Hall–Kier alpha value is -0.570. The number of rotatable bonds is 3. The predicted octanol–water partition coefficient (Wildman–Crippen LogP) is 2.57. The molecule has 0 bridgehead atoms. The lowest BCUT2D eigenvalue weighted by molar-refractivity contribution is -0.0157. The highest BCUT2D eigenvalue weighted by Crippen LogP contribution is 2.40. The van der Waals surface area contributed by atoms with Gasteiger partial charge in [-0.25, -0.2) is 0 Å². The minimum atomic E-state index is 0.595. The summed E-state index contributed by atoms with van der Waals surface area (Å²) in [6.45, 7) is 1.76. The van der Waals surface area contributed by atoms with Gasteiger partial charge in [0.1, 0.15) is 0 Å². The summed E-state index contributed by atoms with van der Waals surface area (Å²) >= 11 is 6.18. The summed E-state index contributed by atoms with van der Waals surface area (Å²) in [7, 11) is 0. The average molecular weight is 238 g/mol. The molecular formula is C13H16ClNO. The first-order valence-electron chi connectivity index (χ1n) is 5.91. The molecule has 0 radical (unpaired) electrons. The fourth-order valence-electron chi connectivity index (χ4n) is 2.48. The second-order valence-electron chi connectivity index (χ2n) is 4.79. The summed E-state index contributed by atoms with van der Waals surface area (Å²) < 4.78 is 5.15. The molecule has 1 aromatic rings. The smallest absolute Gasteiger partial charge is 0.0643 e. The fraction of sp³-hybridized carbons (Fsp3) is 0.538. The van der Waals surface area contributed by atoms with E-state index < -0.39 is 0 Å². The van der Waals surface area contributed by atoms with E-state index in [0.29, 0.717) is 18.0 Å². The van der Waals surface area contributed by atoms with Crippen molar-refractivity contribution in [2.45, 2.75) is 30.8 Å². The average Bonchev–Trinajstić information content (AvgIpc) is 2.15. The first kappa shape index (κ1) is 10.6. The third-order valence-corrected chi connectivity index (χ3v) is 3.94. The summed E-state index contributed by atoms with van der Waals surface area (Å²) in [4.78, 5) is 0. The van der Waals surface area contributed by atoms with Crippen LogP contribution in [0.25, 0.3) is 0 Å². The standard InChI is InChI=1S/C13H16ClNO/c14-13-4-2-1-3-12(13)9-5-10(6-9)15-11-7-16-8-11/h1-4,9-11,15H,5-8H2. The lowest BCUT2D eigenvalue weighted by Crippen LogP contribution is -2.53. The van der Waals surface area contributed by atoms with Gasteiger partial charge in [-0.1, -0.05) is 29.8 Å². The van der Waals surface area contributed by atoms with Gasteiger partial charge in [-0.2, -0.15) is 0 Å². The molecule has 1 aromatic carbocycles. The van der Waals surface area contributed by atoms with Crippen molar-refractivity contribution in [3.8, 4) is 0 Å². The summed E-state index contributed by atoms with van der Waals surface area (Å²) in [5.74, 6) is 0.646. The zero-order valence-electron chi connectivity index (χ0n) is 9.16. The van der Waals surface area contributed by atoms with Crippen LogP contribution in [0, 0.1) is 0 Å². The van der Waals surface area contributed by atoms with Crippen LogP contribution in [0.1, 0.15) is 24.3 Å². The molecule has 0 atom stereocenters. The molecule has 2 fully saturated rings. The van der Waals surface area contributed by atoms with E-state index in [0.717, 1.165) is 18.2 Å². The molecule has 1 aliphatic heterocycles. The lowest BCUT2D eigenvalue weighted by atomic mass is 9.75. The number of ether oxygens (including phenoxy) is 1. The van der Waals surface area contributed by atoms with Crippen molar-refractivity contribution in [1.82, 2.24) is 5.32 Å². The van der Waals surface area contributed by atoms with Gasteiger partial charge in [0.25, 0.3) is 0 Å². The molecule has 1 heterocycles. The van der Waals surface area contributed by atoms with Crippen LogP contribution in [0.15, 0.2) is 24.3 Å². The normalized spacial score (nSPS) is 29.6. The Morgan fingerprint density at radius 3 is 2.50 bits per heavy atom. The molecule has 16 heavy (non-hydrogen) atoms. The van der Waals surface area contributed by atoms with E-state index in [9.17, 15) is 0 Å². The monoisotopic (exact) mass is 237 g/mol.